The number of piperazine rings is 2. The number of hydrogen-bond donors (Lipinski definition) is 6. The van der Waals surface area contributed by atoms with Crippen molar-refractivity contribution in [2.45, 2.75) is 225 Å². The number of ether oxygens (including phenoxy) is 9. The van der Waals surface area contributed by atoms with Crippen LogP contribution in [0.15, 0.2) is 120 Å². The van der Waals surface area contributed by atoms with Gasteiger partial charge in [0.25, 0.3) is 23.6 Å². The van der Waals surface area contributed by atoms with Gasteiger partial charge in [0.2, 0.25) is 29.5 Å². The molecule has 39 heteroatoms. The van der Waals surface area contributed by atoms with Crippen LogP contribution in [0.2, 0.25) is 0 Å². The van der Waals surface area contributed by atoms with Crippen LogP contribution in [0.5, 0.6) is 0 Å². The summed E-state index contributed by atoms with van der Waals surface area (Å²) in [6, 6.07) is 10.7. The second kappa shape index (κ2) is 50.0. The number of aromatic nitrogens is 9. The summed E-state index contributed by atoms with van der Waals surface area (Å²) in [5.74, 6) is -6.42. The second-order valence-corrected chi connectivity index (χ2v) is 38.9. The molecule has 5 aromatic heterocycles. The Morgan fingerprint density at radius 1 is 0.683 bits per heavy atom. The monoisotopic (exact) mass is 1960 g/mol. The van der Waals surface area contributed by atoms with Crippen molar-refractivity contribution in [1.29, 1.82) is 0 Å². The molecule has 4 saturated heterocycles. The van der Waals surface area contributed by atoms with Crippen molar-refractivity contribution in [3.05, 3.63) is 143 Å². The Hall–Kier alpha value is -11.7. The first-order valence-electron chi connectivity index (χ1n) is 50.0. The molecule has 2 aromatic carbocycles. The van der Waals surface area contributed by atoms with Crippen molar-refractivity contribution in [1.82, 2.24) is 74.9 Å². The van der Waals surface area contributed by atoms with Crippen LogP contribution in [-0.4, -0.2) is 316 Å². The number of nitrogens with zero attached hydrogens (tertiary/aromatic N) is 15. The lowest BCUT2D eigenvalue weighted by Crippen LogP contribution is -2.61. The normalized spacial score (nSPS) is 27.3. The van der Waals surface area contributed by atoms with Gasteiger partial charge in [-0.25, -0.2) is 44.2 Å². The third-order valence-corrected chi connectivity index (χ3v) is 28.9. The lowest BCUT2D eigenvalue weighted by molar-refractivity contribution is -0.265. The molecule has 142 heavy (non-hydrogen) atoms. The smallest absolute Gasteiger partial charge is 0.407 e. The molecule has 6 aliphatic heterocycles. The molecule has 5 fully saturated rings. The number of amides is 5. The fraction of sp³-hybridized carbons (Fsp3) is 0.592. The van der Waals surface area contributed by atoms with E-state index in [1.54, 1.807) is 66.0 Å². The summed E-state index contributed by atoms with van der Waals surface area (Å²) in [7, 11) is 6.12. The molecule has 14 rings (SSSR count). The zero-order valence-corrected chi connectivity index (χ0v) is 83.6. The van der Waals surface area contributed by atoms with Gasteiger partial charge in [0.15, 0.2) is 17.0 Å². The van der Waals surface area contributed by atoms with Crippen LogP contribution < -0.4 is 31.9 Å². The van der Waals surface area contributed by atoms with E-state index in [-0.39, 0.29) is 106 Å². The molecule has 768 valence electrons. The molecular formula is C103H141N19O20. The number of nitrogen functional groups attached to an aromatic ring is 2. The molecule has 7 aliphatic rings. The van der Waals surface area contributed by atoms with Crippen LogP contribution >= 0.6 is 0 Å². The number of hydrogen-bond acceptors (Lipinski definition) is 33. The number of piperidine rings is 1. The number of carbonyl (C=O) groups excluding carboxylic acids is 8. The topological polar surface area (TPSA) is 477 Å². The molecule has 0 radical (unpaired) electrons. The SMILES string of the molecule is CO[C@H]1C[C@@H]2CC[C@@H](C)[C@@](O)(O2)C(=O)C(=O)N2CCCC[C@H]2C(=O)O[C@H]([C@H](C)C[C@@H]2CC[C@@H](OC(=O)NCCOCCC(=O)NCc3cnc(N4CCN(C(=O)CCOCCN5CCN(c6ncc(C(=O)N7CCc8cc(Cn9nc(-c%10ccc%11oc(N)nc%11c%10)c%10c(N)ncnc%109)ccc8C7)cn6)CC5)CC4)nc3)[C@H](OC)C2)C[C@@H](OC)[C@H](C)/C=C(\C)[C@@H](O)[C@@H](OC)C(=O)C(C)C[C@H](C)/C=C/C=C/C=C/1C. The average molecular weight is 1970 g/mol. The average Bonchev–Trinajstić information content (AvgIpc) is 1.55. The summed E-state index contributed by atoms with van der Waals surface area (Å²) < 4.78 is 61.6. The van der Waals surface area contributed by atoms with Crippen LogP contribution in [0.1, 0.15) is 171 Å². The van der Waals surface area contributed by atoms with Gasteiger partial charge in [-0.1, -0.05) is 89.3 Å². The molecule has 39 nitrogen and oxygen atoms in total. The van der Waals surface area contributed by atoms with Crippen molar-refractivity contribution in [2.75, 3.05) is 155 Å². The van der Waals surface area contributed by atoms with E-state index in [2.05, 4.69) is 73.5 Å². The fourth-order valence-corrected chi connectivity index (χ4v) is 20.4. The third kappa shape index (κ3) is 27.1. The van der Waals surface area contributed by atoms with Crippen molar-refractivity contribution in [2.24, 2.45) is 35.5 Å². The van der Waals surface area contributed by atoms with E-state index in [4.69, 9.17) is 63.6 Å². The van der Waals surface area contributed by atoms with Crippen LogP contribution in [0.3, 0.4) is 0 Å². The van der Waals surface area contributed by atoms with E-state index in [0.29, 0.717) is 205 Å². The number of allylic oxidation sites excluding steroid dienone is 5. The quantitative estimate of drug-likeness (QED) is 0.0115. The highest BCUT2D eigenvalue weighted by molar-refractivity contribution is 6.39. The van der Waals surface area contributed by atoms with Gasteiger partial charge in [0.1, 0.15) is 53.8 Å². The van der Waals surface area contributed by atoms with Crippen LogP contribution in [-0.2, 0) is 97.5 Å². The Balaban J connectivity index is 0.465. The number of fused-ring (bicyclic) bond motifs is 6. The standard InChI is InChI=1S/C103H141N19O20/c1-63-17-13-12-14-18-64(2)82(133-8)53-77-25-20-69(7)103(132,142-77)93(127)97(129)121-32-16-15-19-79(121)98(130)139-84(54-83(134-9)65(3)48-68(6)91(126)92(136-11)90(125)67(5)47-63)66(4)49-70-22-26-81(85(51-70)135-10)141-102(131)106-31-45-137-43-29-86(123)107-55-72-56-108-100(109-57-72)119-40-38-117(39-41-119)87(124)30-44-138-46-42-116-34-36-118(37-35-116)101-110-58-76(59-111-101)96(128)120-33-28-73-50-71(21-23-75(73)61-120)60-122-95-88(94(104)112-62-113-95)89(115-122)74-24-27-80-78(52-74)114-99(105)140-80/h12-14,17-18,21,23-24,27,48,50,52,56-59,62-63,65-67,69-70,77,79,81-85,91-92,126,132H,15-16,19-20,22,25-26,28-47,49,51,53-55,60-61H2,1-11H3,(H2,105,114)(H,106,131)(H,107,123)(H2,104,112,113)/b14-12+,17-13+,64-18+,68-48+/t63-,65-,66-,67?,69-,70+,77+,79+,81-,82+,83-,84+,85-,91-,92+,103-/m1/s1. The van der Waals surface area contributed by atoms with Gasteiger partial charge in [-0.15, -0.1) is 0 Å². The van der Waals surface area contributed by atoms with Crippen molar-refractivity contribution >= 4 is 93.1 Å². The Bertz CT molecular complexity index is 5600. The Morgan fingerprint density at radius 3 is 2.15 bits per heavy atom. The zero-order valence-electron chi connectivity index (χ0n) is 83.6. The van der Waals surface area contributed by atoms with Gasteiger partial charge in [-0.2, -0.15) is 10.1 Å². The van der Waals surface area contributed by atoms with Crippen LogP contribution in [0, 0.1) is 35.5 Å². The highest BCUT2D eigenvalue weighted by Gasteiger charge is 2.54. The maximum absolute atomic E-state index is 15.0. The summed E-state index contributed by atoms with van der Waals surface area (Å²) in [5, 5.41) is 35.3. The van der Waals surface area contributed by atoms with E-state index < -0.39 is 102 Å². The minimum Gasteiger partial charge on any atom is -0.460 e. The van der Waals surface area contributed by atoms with Crippen LogP contribution in [0.4, 0.5) is 28.5 Å². The molecule has 1 saturated carbocycles. The van der Waals surface area contributed by atoms with Gasteiger partial charge >= 0.3 is 12.1 Å². The molecule has 1 unspecified atom stereocenters. The number of benzene rings is 2. The number of methoxy groups -OCH3 is 4. The largest absolute Gasteiger partial charge is 0.460 e. The number of cyclic esters (lactones) is 1. The fourth-order valence-electron chi connectivity index (χ4n) is 20.4. The molecule has 5 amide bonds. The molecule has 2 bridgehead atoms. The molecular weight excluding hydrogens is 1820 g/mol. The number of anilines is 4. The number of alkyl carbamates (subject to hydrolysis) is 1. The Kier molecular flexibility index (Phi) is 37.4. The number of esters is 1. The number of Topliss-reactive ketones (excluding diaryl/α,β-unsaturated/α-hetero) is 2. The molecule has 11 heterocycles. The van der Waals surface area contributed by atoms with E-state index >= 15 is 0 Å². The molecule has 16 atom stereocenters. The maximum atomic E-state index is 15.0. The van der Waals surface area contributed by atoms with Gasteiger partial charge in [0.05, 0.1) is 74.8 Å². The third-order valence-electron chi connectivity index (χ3n) is 28.9. The van der Waals surface area contributed by atoms with Gasteiger partial charge in [0, 0.05) is 193 Å². The Morgan fingerprint density at radius 2 is 1.42 bits per heavy atom. The minimum atomic E-state index is -2.47. The lowest BCUT2D eigenvalue weighted by Gasteiger charge is -2.43. The maximum Gasteiger partial charge on any atom is 0.407 e. The van der Waals surface area contributed by atoms with E-state index in [0.717, 1.165) is 47.5 Å². The molecule has 7 aromatic rings. The van der Waals surface area contributed by atoms with Gasteiger partial charge in [-0.05, 0) is 148 Å². The molecule has 0 spiro atoms. The summed E-state index contributed by atoms with van der Waals surface area (Å²) in [6.45, 7) is 21.8. The molecule has 8 N–H and O–H groups in total. The first-order valence-corrected chi connectivity index (χ1v) is 50.0. The summed E-state index contributed by atoms with van der Waals surface area (Å²) >= 11 is 0. The highest BCUT2D eigenvalue weighted by Crippen LogP contribution is 2.41. The van der Waals surface area contributed by atoms with Crippen molar-refractivity contribution in [3.63, 3.8) is 0 Å². The van der Waals surface area contributed by atoms with E-state index in [1.807, 2.05) is 103 Å². The number of rotatable bonds is 28. The number of nitrogens with one attached hydrogen (secondary N) is 2. The summed E-state index contributed by atoms with van der Waals surface area (Å²) in [6.07, 6.45) is 19.1. The van der Waals surface area contributed by atoms with Crippen LogP contribution in [0.25, 0.3) is 33.4 Å². The second-order valence-electron chi connectivity index (χ2n) is 38.9. The van der Waals surface area contributed by atoms with Gasteiger partial charge in [-0.3, -0.25) is 33.7 Å². The zero-order chi connectivity index (χ0) is 101. The van der Waals surface area contributed by atoms with E-state index in [9.17, 15) is 48.6 Å². The molecule has 1 aliphatic carbocycles. The number of aliphatic hydroxyl groups excluding tert-OH is 1. The lowest BCUT2D eigenvalue weighted by atomic mass is 9.78. The predicted octanol–water partition coefficient (Wildman–Crippen LogP) is 8.90. The summed E-state index contributed by atoms with van der Waals surface area (Å²) in [5.41, 5.74) is 21.1. The minimum absolute atomic E-state index is 0.000900. The van der Waals surface area contributed by atoms with Crippen molar-refractivity contribution in [3.8, 4) is 11.3 Å². The number of carbonyl (C=O) groups is 8. The summed E-state index contributed by atoms with van der Waals surface area (Å²) in [4.78, 5) is 155. The van der Waals surface area contributed by atoms with E-state index in [1.165, 1.54) is 18.3 Å². The number of aliphatic hydroxyl groups is 2. The van der Waals surface area contributed by atoms with Crippen molar-refractivity contribution < 1.29 is 95.6 Å². The number of ketones is 2. The number of nitrogens with two attached hydrogens (primary N) is 2. The Labute approximate surface area is 829 Å². The highest BCUT2D eigenvalue weighted by atomic mass is 16.6. The first-order chi connectivity index (χ1) is 68.5. The van der Waals surface area contributed by atoms with Gasteiger partial charge < -0.3 is 104 Å². The predicted molar refractivity (Wildman–Crippen MR) is 529 cm³/mol. The first kappa shape index (κ1) is 106. The number of oxazole rings is 1.